The van der Waals surface area contributed by atoms with Gasteiger partial charge in [0, 0.05) is 24.9 Å². The van der Waals surface area contributed by atoms with Crippen molar-refractivity contribution in [1.29, 1.82) is 0 Å². The summed E-state index contributed by atoms with van der Waals surface area (Å²) in [6.45, 7) is 1.90. The van der Waals surface area contributed by atoms with Gasteiger partial charge >= 0.3 is 0 Å². The second kappa shape index (κ2) is 6.07. The fourth-order valence-corrected chi connectivity index (χ4v) is 1.21. The summed E-state index contributed by atoms with van der Waals surface area (Å²) in [5, 5.41) is 11.5. The number of hydrogen-bond donors (Lipinski definition) is 2. The van der Waals surface area contributed by atoms with Gasteiger partial charge in [-0.25, -0.2) is 4.98 Å². The number of rotatable bonds is 5. The molecule has 0 fully saturated rings. The molecule has 0 aromatic carbocycles. The molecule has 1 heterocycles. The second-order valence-corrected chi connectivity index (χ2v) is 3.48. The van der Waals surface area contributed by atoms with E-state index < -0.39 is 0 Å². The number of carbonyl (C=O) groups is 1. The van der Waals surface area contributed by atoms with Gasteiger partial charge in [0.25, 0.3) is 5.91 Å². The Morgan fingerprint density at radius 2 is 2.38 bits per heavy atom. The minimum absolute atomic E-state index is 0.0559. The highest BCUT2D eigenvalue weighted by Gasteiger charge is 2.09. The lowest BCUT2D eigenvalue weighted by Gasteiger charge is -2.12. The fourth-order valence-electron chi connectivity index (χ4n) is 1.21. The second-order valence-electron chi connectivity index (χ2n) is 3.48. The molecule has 0 spiro atoms. The van der Waals surface area contributed by atoms with E-state index in [0.29, 0.717) is 17.9 Å². The molecule has 0 saturated carbocycles. The van der Waals surface area contributed by atoms with Crippen LogP contribution in [0.15, 0.2) is 18.3 Å². The van der Waals surface area contributed by atoms with Gasteiger partial charge in [-0.1, -0.05) is 0 Å². The van der Waals surface area contributed by atoms with Crippen molar-refractivity contribution in [2.24, 2.45) is 0 Å². The number of pyridine rings is 1. The minimum Gasteiger partial charge on any atom is -0.481 e. The number of amides is 1. The third kappa shape index (κ3) is 3.51. The van der Waals surface area contributed by atoms with Crippen LogP contribution >= 0.6 is 0 Å². The average molecular weight is 224 g/mol. The van der Waals surface area contributed by atoms with E-state index in [1.54, 1.807) is 12.1 Å². The molecular formula is C11H16N2O3. The molecule has 1 aromatic rings. The van der Waals surface area contributed by atoms with E-state index in [9.17, 15) is 4.79 Å². The molecule has 88 valence electrons. The van der Waals surface area contributed by atoms with Gasteiger partial charge in [0.2, 0.25) is 5.88 Å². The topological polar surface area (TPSA) is 71.5 Å². The zero-order valence-electron chi connectivity index (χ0n) is 9.43. The first-order valence-electron chi connectivity index (χ1n) is 5.09. The number of nitrogens with one attached hydrogen (secondary N) is 1. The zero-order chi connectivity index (χ0) is 12.0. The summed E-state index contributed by atoms with van der Waals surface area (Å²) < 4.78 is 4.89. The van der Waals surface area contributed by atoms with Crippen LogP contribution in [0.25, 0.3) is 0 Å². The highest BCUT2D eigenvalue weighted by Crippen LogP contribution is 2.06. The Labute approximate surface area is 94.5 Å². The molecule has 1 rings (SSSR count). The average Bonchev–Trinajstić information content (AvgIpc) is 2.29. The first-order chi connectivity index (χ1) is 7.67. The standard InChI is InChI=1S/C11H16N2O3/c1-8(5-6-14)13-11(15)9-3-4-10(16-2)12-7-9/h3-4,7-8,14H,5-6H2,1-2H3,(H,13,15). The Balaban J connectivity index is 2.59. The van der Waals surface area contributed by atoms with E-state index in [4.69, 9.17) is 9.84 Å². The van der Waals surface area contributed by atoms with Crippen molar-refractivity contribution in [2.45, 2.75) is 19.4 Å². The highest BCUT2D eigenvalue weighted by molar-refractivity contribution is 5.94. The molecular weight excluding hydrogens is 208 g/mol. The highest BCUT2D eigenvalue weighted by atomic mass is 16.5. The lowest BCUT2D eigenvalue weighted by Crippen LogP contribution is -2.33. The maximum absolute atomic E-state index is 11.7. The van der Waals surface area contributed by atoms with Gasteiger partial charge in [-0.3, -0.25) is 4.79 Å². The summed E-state index contributed by atoms with van der Waals surface area (Å²) >= 11 is 0. The predicted octanol–water partition coefficient (Wildman–Crippen LogP) is 0.591. The summed E-state index contributed by atoms with van der Waals surface area (Å²) in [6, 6.07) is 3.22. The number of carbonyl (C=O) groups excluding carboxylic acids is 1. The van der Waals surface area contributed by atoms with E-state index in [0.717, 1.165) is 0 Å². The van der Waals surface area contributed by atoms with E-state index in [1.165, 1.54) is 13.3 Å². The predicted molar refractivity (Wildman–Crippen MR) is 59.4 cm³/mol. The van der Waals surface area contributed by atoms with Crippen LogP contribution in [-0.2, 0) is 0 Å². The van der Waals surface area contributed by atoms with E-state index in [2.05, 4.69) is 10.3 Å². The molecule has 1 aromatic heterocycles. The van der Waals surface area contributed by atoms with Gasteiger partial charge in [-0.15, -0.1) is 0 Å². The van der Waals surface area contributed by atoms with Crippen molar-refractivity contribution < 1.29 is 14.6 Å². The monoisotopic (exact) mass is 224 g/mol. The Kier molecular flexibility index (Phi) is 4.72. The maximum atomic E-state index is 11.7. The number of aliphatic hydroxyl groups excluding tert-OH is 1. The first-order valence-corrected chi connectivity index (χ1v) is 5.09. The summed E-state index contributed by atoms with van der Waals surface area (Å²) in [4.78, 5) is 15.6. The van der Waals surface area contributed by atoms with Gasteiger partial charge < -0.3 is 15.2 Å². The summed E-state index contributed by atoms with van der Waals surface area (Å²) in [5.74, 6) is 0.274. The minimum atomic E-state index is -0.198. The zero-order valence-corrected chi connectivity index (χ0v) is 9.43. The molecule has 1 unspecified atom stereocenters. The molecule has 16 heavy (non-hydrogen) atoms. The van der Waals surface area contributed by atoms with Crippen molar-refractivity contribution in [1.82, 2.24) is 10.3 Å². The summed E-state index contributed by atoms with van der Waals surface area (Å²) in [5.41, 5.74) is 0.477. The van der Waals surface area contributed by atoms with E-state index in [1.807, 2.05) is 6.92 Å². The van der Waals surface area contributed by atoms with Gasteiger partial charge in [-0.05, 0) is 19.4 Å². The summed E-state index contributed by atoms with van der Waals surface area (Å²) in [7, 11) is 1.52. The molecule has 5 heteroatoms. The van der Waals surface area contributed by atoms with Crippen LogP contribution in [0.4, 0.5) is 0 Å². The molecule has 1 amide bonds. The Hall–Kier alpha value is -1.62. The van der Waals surface area contributed by atoms with Gasteiger partial charge in [0.15, 0.2) is 0 Å². The number of hydrogen-bond acceptors (Lipinski definition) is 4. The molecule has 1 atom stereocenters. The summed E-state index contributed by atoms with van der Waals surface area (Å²) in [6.07, 6.45) is 2.00. The SMILES string of the molecule is COc1ccc(C(=O)NC(C)CCO)cn1. The van der Waals surface area contributed by atoms with Crippen LogP contribution in [0.3, 0.4) is 0 Å². The molecule has 2 N–H and O–H groups in total. The quantitative estimate of drug-likeness (QED) is 0.768. The van der Waals surface area contributed by atoms with Crippen LogP contribution in [-0.4, -0.2) is 35.8 Å². The molecule has 0 aliphatic rings. The van der Waals surface area contributed by atoms with Crippen LogP contribution in [0, 0.1) is 0 Å². The molecule has 0 saturated heterocycles. The number of aromatic nitrogens is 1. The fraction of sp³-hybridized carbons (Fsp3) is 0.455. The van der Waals surface area contributed by atoms with Crippen molar-refractivity contribution in [3.63, 3.8) is 0 Å². The largest absolute Gasteiger partial charge is 0.481 e. The van der Waals surface area contributed by atoms with Gasteiger partial charge in [-0.2, -0.15) is 0 Å². The third-order valence-electron chi connectivity index (χ3n) is 2.15. The third-order valence-corrected chi connectivity index (χ3v) is 2.15. The van der Waals surface area contributed by atoms with E-state index in [-0.39, 0.29) is 18.6 Å². The molecule has 0 aliphatic carbocycles. The smallest absolute Gasteiger partial charge is 0.253 e. The number of ether oxygens (including phenoxy) is 1. The number of methoxy groups -OCH3 is 1. The van der Waals surface area contributed by atoms with Crippen LogP contribution < -0.4 is 10.1 Å². The Bertz CT molecular complexity index is 338. The normalized spacial score (nSPS) is 11.9. The van der Waals surface area contributed by atoms with Gasteiger partial charge in [0.05, 0.1) is 12.7 Å². The Morgan fingerprint density at radius 1 is 1.62 bits per heavy atom. The molecule has 0 radical (unpaired) electrons. The Morgan fingerprint density at radius 3 is 2.88 bits per heavy atom. The molecule has 0 aliphatic heterocycles. The lowest BCUT2D eigenvalue weighted by molar-refractivity contribution is 0.0934. The van der Waals surface area contributed by atoms with Crippen molar-refractivity contribution in [3.8, 4) is 5.88 Å². The first kappa shape index (κ1) is 12.4. The van der Waals surface area contributed by atoms with Crippen LogP contribution in [0.1, 0.15) is 23.7 Å². The van der Waals surface area contributed by atoms with Crippen LogP contribution in [0.5, 0.6) is 5.88 Å². The van der Waals surface area contributed by atoms with Crippen molar-refractivity contribution in [2.75, 3.05) is 13.7 Å². The van der Waals surface area contributed by atoms with Crippen LogP contribution in [0.2, 0.25) is 0 Å². The van der Waals surface area contributed by atoms with E-state index >= 15 is 0 Å². The van der Waals surface area contributed by atoms with Crippen molar-refractivity contribution >= 4 is 5.91 Å². The molecule has 0 bridgehead atoms. The molecule has 5 nitrogen and oxygen atoms in total. The van der Waals surface area contributed by atoms with Crippen molar-refractivity contribution in [3.05, 3.63) is 23.9 Å². The van der Waals surface area contributed by atoms with Gasteiger partial charge in [0.1, 0.15) is 0 Å². The number of aliphatic hydroxyl groups is 1. The number of nitrogens with zero attached hydrogens (tertiary/aromatic N) is 1. The maximum Gasteiger partial charge on any atom is 0.253 e. The lowest BCUT2D eigenvalue weighted by atomic mass is 10.2.